The fourth-order valence-corrected chi connectivity index (χ4v) is 2.91. The van der Waals surface area contributed by atoms with Crippen LogP contribution >= 0.6 is 0 Å². The van der Waals surface area contributed by atoms with Gasteiger partial charge >= 0.3 is 0 Å². The third-order valence-corrected chi connectivity index (χ3v) is 4.17. The molecule has 2 aliphatic rings. The molecule has 1 aliphatic heterocycles. The van der Waals surface area contributed by atoms with E-state index in [1.807, 2.05) is 6.07 Å². The van der Waals surface area contributed by atoms with E-state index in [2.05, 4.69) is 41.4 Å². The molecular weight excluding hydrogens is 264 g/mol. The highest BCUT2D eigenvalue weighted by Crippen LogP contribution is 2.39. The van der Waals surface area contributed by atoms with Crippen molar-refractivity contribution in [2.24, 2.45) is 5.92 Å². The van der Waals surface area contributed by atoms with E-state index >= 15 is 0 Å². The van der Waals surface area contributed by atoms with Crippen molar-refractivity contribution in [1.29, 1.82) is 0 Å². The zero-order chi connectivity index (χ0) is 14.8. The molecule has 116 valence electrons. The van der Waals surface area contributed by atoms with E-state index < -0.39 is 0 Å². The first-order valence-corrected chi connectivity index (χ1v) is 8.18. The van der Waals surface area contributed by atoms with Crippen molar-refractivity contribution in [1.82, 2.24) is 9.97 Å². The minimum Gasteiger partial charge on any atom is -0.376 e. The quantitative estimate of drug-likeness (QED) is 0.843. The molecule has 5 nitrogen and oxygen atoms in total. The van der Waals surface area contributed by atoms with Gasteiger partial charge in [0.1, 0.15) is 17.5 Å². The maximum Gasteiger partial charge on any atom is 0.135 e. The average Bonchev–Trinajstić information content (AvgIpc) is 3.19. The molecule has 2 fully saturated rings. The van der Waals surface area contributed by atoms with Gasteiger partial charge in [-0.3, -0.25) is 0 Å². The average molecular weight is 290 g/mol. The zero-order valence-electron chi connectivity index (χ0n) is 13.2. The summed E-state index contributed by atoms with van der Waals surface area (Å²) in [5.74, 6) is 3.79. The first-order valence-electron chi connectivity index (χ1n) is 8.18. The minimum absolute atomic E-state index is 0.322. The second kappa shape index (κ2) is 6.18. The van der Waals surface area contributed by atoms with Gasteiger partial charge in [-0.1, -0.05) is 13.8 Å². The van der Waals surface area contributed by atoms with Gasteiger partial charge in [0, 0.05) is 25.1 Å². The Hall–Kier alpha value is -1.36. The summed E-state index contributed by atoms with van der Waals surface area (Å²) >= 11 is 0. The topological polar surface area (TPSA) is 59.1 Å². The van der Waals surface area contributed by atoms with E-state index in [9.17, 15) is 0 Å². The number of nitrogens with one attached hydrogen (secondary N) is 2. The van der Waals surface area contributed by atoms with Gasteiger partial charge in [-0.15, -0.1) is 0 Å². The monoisotopic (exact) mass is 290 g/mol. The summed E-state index contributed by atoms with van der Waals surface area (Å²) in [6.45, 7) is 8.06. The number of hydrogen-bond donors (Lipinski definition) is 2. The first-order chi connectivity index (χ1) is 10.2. The SMILES string of the molecule is CCNc1cc(NC2CCOC2C2CC2)nc(C(C)C)n1. The maximum absolute atomic E-state index is 5.90. The molecule has 3 rings (SSSR count). The van der Waals surface area contributed by atoms with Crippen LogP contribution in [0.4, 0.5) is 11.6 Å². The number of anilines is 2. The number of hydrogen-bond acceptors (Lipinski definition) is 5. The van der Waals surface area contributed by atoms with Crippen molar-refractivity contribution < 1.29 is 4.74 Å². The van der Waals surface area contributed by atoms with E-state index in [1.54, 1.807) is 0 Å². The normalized spacial score (nSPS) is 25.3. The highest BCUT2D eigenvalue weighted by atomic mass is 16.5. The molecule has 2 N–H and O–H groups in total. The van der Waals surface area contributed by atoms with Crippen molar-refractivity contribution in [3.05, 3.63) is 11.9 Å². The second-order valence-corrected chi connectivity index (χ2v) is 6.39. The summed E-state index contributed by atoms with van der Waals surface area (Å²) in [6, 6.07) is 2.40. The molecule has 0 bridgehead atoms. The number of aromatic nitrogens is 2. The van der Waals surface area contributed by atoms with Gasteiger partial charge in [-0.25, -0.2) is 9.97 Å². The van der Waals surface area contributed by atoms with Crippen LogP contribution in [0.2, 0.25) is 0 Å². The van der Waals surface area contributed by atoms with Crippen molar-refractivity contribution in [3.63, 3.8) is 0 Å². The molecule has 0 spiro atoms. The van der Waals surface area contributed by atoms with E-state index in [1.165, 1.54) is 12.8 Å². The van der Waals surface area contributed by atoms with Crippen molar-refractivity contribution >= 4 is 11.6 Å². The molecule has 2 unspecified atom stereocenters. The van der Waals surface area contributed by atoms with Gasteiger partial charge in [-0.2, -0.15) is 0 Å². The van der Waals surface area contributed by atoms with Gasteiger partial charge < -0.3 is 15.4 Å². The molecule has 1 saturated carbocycles. The Balaban J connectivity index is 1.76. The summed E-state index contributed by atoms with van der Waals surface area (Å²) in [5, 5.41) is 6.88. The molecule has 1 aliphatic carbocycles. The molecular formula is C16H26N4O. The molecule has 5 heteroatoms. The Morgan fingerprint density at radius 1 is 1.24 bits per heavy atom. The van der Waals surface area contributed by atoms with Crippen LogP contribution in [0.25, 0.3) is 0 Å². The lowest BCUT2D eigenvalue weighted by atomic mass is 10.1. The largest absolute Gasteiger partial charge is 0.376 e. The maximum atomic E-state index is 5.90. The van der Waals surface area contributed by atoms with Crippen molar-refractivity contribution in [2.75, 3.05) is 23.8 Å². The van der Waals surface area contributed by atoms with Gasteiger partial charge in [0.05, 0.1) is 12.1 Å². The van der Waals surface area contributed by atoms with Gasteiger partial charge in [0.25, 0.3) is 0 Å². The summed E-state index contributed by atoms with van der Waals surface area (Å²) in [4.78, 5) is 9.25. The molecule has 0 amide bonds. The Bertz CT molecular complexity index is 487. The summed E-state index contributed by atoms with van der Waals surface area (Å²) < 4.78 is 5.90. The van der Waals surface area contributed by atoms with Crippen molar-refractivity contribution in [2.45, 2.75) is 58.1 Å². The Labute approximate surface area is 126 Å². The molecule has 2 atom stereocenters. The number of nitrogens with zero attached hydrogens (tertiary/aromatic N) is 2. The van der Waals surface area contributed by atoms with Crippen LogP contribution in [-0.2, 0) is 4.74 Å². The van der Waals surface area contributed by atoms with Crippen LogP contribution < -0.4 is 10.6 Å². The summed E-state index contributed by atoms with van der Waals surface area (Å²) in [6.07, 6.45) is 4.06. The van der Waals surface area contributed by atoms with E-state index in [0.29, 0.717) is 18.1 Å². The lowest BCUT2D eigenvalue weighted by molar-refractivity contribution is 0.0898. The molecule has 1 saturated heterocycles. The zero-order valence-corrected chi connectivity index (χ0v) is 13.2. The Morgan fingerprint density at radius 2 is 2.00 bits per heavy atom. The molecule has 2 heterocycles. The highest BCUT2D eigenvalue weighted by molar-refractivity contribution is 5.48. The van der Waals surface area contributed by atoms with E-state index in [-0.39, 0.29) is 0 Å². The molecule has 1 aromatic heterocycles. The van der Waals surface area contributed by atoms with Gasteiger partial charge in [-0.05, 0) is 32.1 Å². The predicted octanol–water partition coefficient (Wildman–Crippen LogP) is 3.01. The fourth-order valence-electron chi connectivity index (χ4n) is 2.91. The summed E-state index contributed by atoms with van der Waals surface area (Å²) in [5.41, 5.74) is 0. The predicted molar refractivity (Wildman–Crippen MR) is 84.8 cm³/mol. The standard InChI is InChI=1S/C16H26N4O/c1-4-17-13-9-14(20-16(19-13)10(2)3)18-12-7-8-21-15(12)11-5-6-11/h9-12,15H,4-8H2,1-3H3,(H2,17,18,19,20). The van der Waals surface area contributed by atoms with E-state index in [0.717, 1.165) is 43.0 Å². The third-order valence-electron chi connectivity index (χ3n) is 4.17. The molecule has 0 aromatic carbocycles. The van der Waals surface area contributed by atoms with Crippen LogP contribution in [0.1, 0.15) is 51.8 Å². The minimum atomic E-state index is 0.322. The Kier molecular flexibility index (Phi) is 4.29. The van der Waals surface area contributed by atoms with E-state index in [4.69, 9.17) is 4.74 Å². The van der Waals surface area contributed by atoms with Crippen LogP contribution in [0.15, 0.2) is 6.07 Å². The highest BCUT2D eigenvalue weighted by Gasteiger charge is 2.40. The smallest absolute Gasteiger partial charge is 0.135 e. The second-order valence-electron chi connectivity index (χ2n) is 6.39. The third kappa shape index (κ3) is 3.46. The van der Waals surface area contributed by atoms with Crippen LogP contribution in [-0.4, -0.2) is 35.3 Å². The lowest BCUT2D eigenvalue weighted by Gasteiger charge is -2.21. The Morgan fingerprint density at radius 3 is 2.67 bits per heavy atom. The molecule has 1 aromatic rings. The first kappa shape index (κ1) is 14.6. The van der Waals surface area contributed by atoms with Crippen molar-refractivity contribution in [3.8, 4) is 0 Å². The number of rotatable bonds is 6. The van der Waals surface area contributed by atoms with Crippen LogP contribution in [0.5, 0.6) is 0 Å². The fraction of sp³-hybridized carbons (Fsp3) is 0.750. The van der Waals surface area contributed by atoms with Crippen LogP contribution in [0, 0.1) is 5.92 Å². The number of ether oxygens (including phenoxy) is 1. The van der Waals surface area contributed by atoms with Gasteiger partial charge in [0.15, 0.2) is 0 Å². The lowest BCUT2D eigenvalue weighted by Crippen LogP contribution is -2.31. The summed E-state index contributed by atoms with van der Waals surface area (Å²) in [7, 11) is 0. The van der Waals surface area contributed by atoms with Crippen LogP contribution in [0.3, 0.4) is 0 Å². The van der Waals surface area contributed by atoms with Gasteiger partial charge in [0.2, 0.25) is 0 Å². The molecule has 0 radical (unpaired) electrons. The molecule has 21 heavy (non-hydrogen) atoms.